The Kier molecular flexibility index (Phi) is 4.08. The van der Waals surface area contributed by atoms with Crippen molar-refractivity contribution in [3.63, 3.8) is 0 Å². The Morgan fingerprint density at radius 3 is 3.08 bits per heavy atom. The van der Waals surface area contributed by atoms with E-state index in [-0.39, 0.29) is 11.9 Å². The Hall–Kier alpha value is -2.18. The molecule has 1 aliphatic rings. The fourth-order valence-corrected chi connectivity index (χ4v) is 4.19. The van der Waals surface area contributed by atoms with Gasteiger partial charge < -0.3 is 10.0 Å². The number of likely N-dealkylation sites (tertiary alicyclic amines) is 1. The molecule has 4 rings (SSSR count). The van der Waals surface area contributed by atoms with Gasteiger partial charge in [-0.05, 0) is 36.8 Å². The Morgan fingerprint density at radius 2 is 2.25 bits per heavy atom. The minimum atomic E-state index is -0.515. The third-order valence-electron chi connectivity index (χ3n) is 4.68. The van der Waals surface area contributed by atoms with E-state index >= 15 is 0 Å². The van der Waals surface area contributed by atoms with Crippen molar-refractivity contribution < 1.29 is 9.90 Å². The van der Waals surface area contributed by atoms with E-state index < -0.39 is 6.10 Å². The standard InChI is InChI=1S/C18H19N3O2S/c22-15(16-8-4-10-24-16)11-12-5-3-9-21(12)18(23)17-13-6-1-2-7-14(13)19-20-17/h1-2,4,6-8,10,12,15,22H,3,5,9,11H2,(H,19,20)/t12-,15-/m0/s1. The molecule has 2 aromatic heterocycles. The predicted octanol–water partition coefficient (Wildman–Crippen LogP) is 3.35. The SMILES string of the molecule is O=C(c1n[nH]c2ccccc12)N1CCC[C@H]1C[C@H](O)c1cccs1. The van der Waals surface area contributed by atoms with E-state index in [1.165, 1.54) is 0 Å². The number of carbonyl (C=O) groups excluding carboxylic acids is 1. The number of hydrogen-bond donors (Lipinski definition) is 2. The molecule has 3 heterocycles. The summed E-state index contributed by atoms with van der Waals surface area (Å²) in [6.07, 6.45) is 1.96. The summed E-state index contributed by atoms with van der Waals surface area (Å²) in [6, 6.07) is 11.6. The number of hydrogen-bond acceptors (Lipinski definition) is 4. The molecule has 1 aromatic carbocycles. The van der Waals surface area contributed by atoms with Crippen molar-refractivity contribution in [2.45, 2.75) is 31.4 Å². The first-order valence-corrected chi connectivity index (χ1v) is 9.07. The van der Waals surface area contributed by atoms with Crippen LogP contribution in [0.5, 0.6) is 0 Å². The molecule has 1 amide bonds. The highest BCUT2D eigenvalue weighted by atomic mass is 32.1. The summed E-state index contributed by atoms with van der Waals surface area (Å²) < 4.78 is 0. The molecule has 0 bridgehead atoms. The number of aliphatic hydroxyl groups is 1. The van der Waals surface area contributed by atoms with Crippen LogP contribution in [0.2, 0.25) is 0 Å². The molecule has 124 valence electrons. The molecule has 3 aromatic rings. The van der Waals surface area contributed by atoms with Gasteiger partial charge in [-0.15, -0.1) is 11.3 Å². The van der Waals surface area contributed by atoms with Gasteiger partial charge in [0.15, 0.2) is 5.69 Å². The number of carbonyl (C=O) groups is 1. The first kappa shape index (κ1) is 15.4. The van der Waals surface area contributed by atoms with Crippen LogP contribution in [0.25, 0.3) is 10.9 Å². The van der Waals surface area contributed by atoms with Crippen molar-refractivity contribution in [1.29, 1.82) is 0 Å². The smallest absolute Gasteiger partial charge is 0.275 e. The van der Waals surface area contributed by atoms with E-state index in [4.69, 9.17) is 0 Å². The van der Waals surface area contributed by atoms with Crippen LogP contribution in [-0.4, -0.2) is 38.7 Å². The zero-order chi connectivity index (χ0) is 16.5. The van der Waals surface area contributed by atoms with Gasteiger partial charge in [0.05, 0.1) is 11.6 Å². The summed E-state index contributed by atoms with van der Waals surface area (Å²) in [6.45, 7) is 0.724. The second kappa shape index (κ2) is 6.37. The highest BCUT2D eigenvalue weighted by Gasteiger charge is 2.33. The molecule has 0 spiro atoms. The van der Waals surface area contributed by atoms with Crippen molar-refractivity contribution >= 4 is 28.1 Å². The average molecular weight is 341 g/mol. The monoisotopic (exact) mass is 341 g/mol. The average Bonchev–Trinajstić information content (AvgIpc) is 3.34. The molecule has 6 heteroatoms. The van der Waals surface area contributed by atoms with Gasteiger partial charge in [-0.25, -0.2) is 0 Å². The largest absolute Gasteiger partial charge is 0.387 e. The zero-order valence-electron chi connectivity index (χ0n) is 13.2. The number of nitrogens with zero attached hydrogens (tertiary/aromatic N) is 2. The summed E-state index contributed by atoms with van der Waals surface area (Å²) in [5.41, 5.74) is 1.35. The van der Waals surface area contributed by atoms with E-state index in [0.29, 0.717) is 12.1 Å². The van der Waals surface area contributed by atoms with Crippen molar-refractivity contribution in [1.82, 2.24) is 15.1 Å². The number of nitrogens with one attached hydrogen (secondary N) is 1. The topological polar surface area (TPSA) is 69.2 Å². The predicted molar refractivity (Wildman–Crippen MR) is 94.0 cm³/mol. The molecule has 0 radical (unpaired) electrons. The summed E-state index contributed by atoms with van der Waals surface area (Å²) in [5.74, 6) is -0.0478. The van der Waals surface area contributed by atoms with E-state index in [9.17, 15) is 9.90 Å². The lowest BCUT2D eigenvalue weighted by atomic mass is 10.1. The number of aromatic amines is 1. The maximum atomic E-state index is 13.0. The van der Waals surface area contributed by atoms with Gasteiger partial charge in [0, 0.05) is 22.8 Å². The summed E-state index contributed by atoms with van der Waals surface area (Å²) >= 11 is 1.55. The maximum Gasteiger partial charge on any atom is 0.275 e. The van der Waals surface area contributed by atoms with E-state index in [1.807, 2.05) is 46.7 Å². The number of H-pyrrole nitrogens is 1. The summed E-state index contributed by atoms with van der Waals surface area (Å²) in [7, 11) is 0. The lowest BCUT2D eigenvalue weighted by Gasteiger charge is -2.25. The van der Waals surface area contributed by atoms with Gasteiger partial charge in [-0.1, -0.05) is 24.3 Å². The number of aromatic nitrogens is 2. The molecular formula is C18H19N3O2S. The summed E-state index contributed by atoms with van der Waals surface area (Å²) in [4.78, 5) is 15.8. The molecule has 1 fully saturated rings. The maximum absolute atomic E-state index is 13.0. The Morgan fingerprint density at radius 1 is 1.38 bits per heavy atom. The third-order valence-corrected chi connectivity index (χ3v) is 5.65. The van der Waals surface area contributed by atoms with Crippen LogP contribution in [0.15, 0.2) is 41.8 Å². The highest BCUT2D eigenvalue weighted by molar-refractivity contribution is 7.10. The normalized spacial score (nSPS) is 19.0. The van der Waals surface area contributed by atoms with Crippen LogP contribution in [0.1, 0.15) is 40.7 Å². The van der Waals surface area contributed by atoms with Crippen LogP contribution in [0.4, 0.5) is 0 Å². The van der Waals surface area contributed by atoms with Crippen molar-refractivity contribution in [3.05, 3.63) is 52.3 Å². The number of thiophene rings is 1. The van der Waals surface area contributed by atoms with Gasteiger partial charge in [-0.3, -0.25) is 9.89 Å². The highest BCUT2D eigenvalue weighted by Crippen LogP contribution is 2.31. The molecule has 2 N–H and O–H groups in total. The molecule has 1 aliphatic heterocycles. The molecule has 0 aliphatic carbocycles. The minimum absolute atomic E-state index is 0.0478. The number of rotatable bonds is 4. The van der Waals surface area contributed by atoms with Crippen molar-refractivity contribution in [3.8, 4) is 0 Å². The number of amides is 1. The van der Waals surface area contributed by atoms with Crippen molar-refractivity contribution in [2.75, 3.05) is 6.54 Å². The number of benzene rings is 1. The molecule has 0 unspecified atom stereocenters. The van der Waals surface area contributed by atoms with E-state index in [0.717, 1.165) is 35.2 Å². The number of para-hydroxylation sites is 1. The van der Waals surface area contributed by atoms with Crippen LogP contribution >= 0.6 is 11.3 Å². The Labute approximate surface area is 143 Å². The lowest BCUT2D eigenvalue weighted by molar-refractivity contribution is 0.0666. The van der Waals surface area contributed by atoms with Gasteiger partial charge in [-0.2, -0.15) is 5.10 Å². The molecular weight excluding hydrogens is 322 g/mol. The lowest BCUT2D eigenvalue weighted by Crippen LogP contribution is -2.36. The van der Waals surface area contributed by atoms with Gasteiger partial charge in [0.25, 0.3) is 5.91 Å². The van der Waals surface area contributed by atoms with Crippen molar-refractivity contribution in [2.24, 2.45) is 0 Å². The molecule has 2 atom stereocenters. The van der Waals surface area contributed by atoms with Crippen LogP contribution in [-0.2, 0) is 0 Å². The van der Waals surface area contributed by atoms with Crippen LogP contribution in [0.3, 0.4) is 0 Å². The fraction of sp³-hybridized carbons (Fsp3) is 0.333. The summed E-state index contributed by atoms with van der Waals surface area (Å²) in [5, 5.41) is 20.4. The van der Waals surface area contributed by atoms with Crippen LogP contribution in [0, 0.1) is 0 Å². The number of aliphatic hydroxyl groups excluding tert-OH is 1. The number of fused-ring (bicyclic) bond motifs is 1. The molecule has 24 heavy (non-hydrogen) atoms. The second-order valence-electron chi connectivity index (χ2n) is 6.18. The van der Waals surface area contributed by atoms with Crippen LogP contribution < -0.4 is 0 Å². The second-order valence-corrected chi connectivity index (χ2v) is 7.16. The van der Waals surface area contributed by atoms with Gasteiger partial charge >= 0.3 is 0 Å². The Balaban J connectivity index is 1.55. The zero-order valence-corrected chi connectivity index (χ0v) is 14.0. The quantitative estimate of drug-likeness (QED) is 0.764. The minimum Gasteiger partial charge on any atom is -0.387 e. The third kappa shape index (κ3) is 2.72. The fourth-order valence-electron chi connectivity index (χ4n) is 3.47. The van der Waals surface area contributed by atoms with Gasteiger partial charge in [0.1, 0.15) is 0 Å². The Bertz CT molecular complexity index is 843. The van der Waals surface area contributed by atoms with E-state index in [2.05, 4.69) is 10.2 Å². The van der Waals surface area contributed by atoms with E-state index in [1.54, 1.807) is 11.3 Å². The molecule has 5 nitrogen and oxygen atoms in total. The molecule has 0 saturated carbocycles. The first-order chi connectivity index (χ1) is 11.7. The first-order valence-electron chi connectivity index (χ1n) is 8.19. The molecule has 1 saturated heterocycles. The van der Waals surface area contributed by atoms with Gasteiger partial charge in [0.2, 0.25) is 0 Å².